The molecule has 0 radical (unpaired) electrons. The number of benzene rings is 2. The number of thioether (sulfide) groups is 1. The van der Waals surface area contributed by atoms with E-state index in [1.165, 1.54) is 31.4 Å². The zero-order valence-electron chi connectivity index (χ0n) is 22.7. The Labute approximate surface area is 246 Å². The number of carbonyl (C=O) groups is 5. The number of hydrogen-bond donors (Lipinski definition) is 1. The number of unbranched alkanes of at least 4 members (excludes halogenated alkanes) is 1. The van der Waals surface area contributed by atoms with Crippen LogP contribution in [0.5, 0.6) is 11.5 Å². The molecule has 1 aliphatic heterocycles. The fraction of sp³-hybridized carbons (Fsp3) is 0.321. The van der Waals surface area contributed by atoms with E-state index in [0.29, 0.717) is 29.5 Å². The molecular weight excluding hydrogens is 576 g/mol. The van der Waals surface area contributed by atoms with Gasteiger partial charge in [-0.25, -0.2) is 9.59 Å². The summed E-state index contributed by atoms with van der Waals surface area (Å²) in [4.78, 5) is 63.1. The number of rotatable bonds is 13. The van der Waals surface area contributed by atoms with Crippen LogP contribution in [0.2, 0.25) is 5.02 Å². The van der Waals surface area contributed by atoms with Crippen molar-refractivity contribution in [3.8, 4) is 11.5 Å². The first-order valence-corrected chi connectivity index (χ1v) is 13.8. The molecule has 0 bridgehead atoms. The molecule has 1 aliphatic rings. The molecule has 0 saturated carbocycles. The number of hydrogen-bond acceptors (Lipinski definition) is 10. The van der Waals surface area contributed by atoms with Crippen LogP contribution in [0.15, 0.2) is 41.3 Å². The predicted molar refractivity (Wildman–Crippen MR) is 153 cm³/mol. The lowest BCUT2D eigenvalue weighted by Crippen LogP contribution is -2.36. The quantitative estimate of drug-likeness (QED) is 0.190. The highest BCUT2D eigenvalue weighted by molar-refractivity contribution is 8.18. The molecule has 1 heterocycles. The summed E-state index contributed by atoms with van der Waals surface area (Å²) in [5.74, 6) is -1.89. The van der Waals surface area contributed by atoms with Crippen molar-refractivity contribution in [2.24, 2.45) is 0 Å². The molecule has 1 N–H and O–H groups in total. The summed E-state index contributed by atoms with van der Waals surface area (Å²) in [6.45, 7) is 3.21. The fourth-order valence-electron chi connectivity index (χ4n) is 3.51. The lowest BCUT2D eigenvalue weighted by Gasteiger charge is -2.13. The molecule has 11 nitrogen and oxygen atoms in total. The highest BCUT2D eigenvalue weighted by Crippen LogP contribution is 2.34. The van der Waals surface area contributed by atoms with Gasteiger partial charge in [0.25, 0.3) is 11.1 Å². The minimum Gasteiger partial charge on any atom is -0.493 e. The molecule has 3 amide bonds. The lowest BCUT2D eigenvalue weighted by atomic mass is 10.2. The molecule has 0 aliphatic carbocycles. The van der Waals surface area contributed by atoms with E-state index in [1.807, 2.05) is 6.92 Å². The third-order valence-electron chi connectivity index (χ3n) is 5.51. The maximum absolute atomic E-state index is 13.0. The number of halogens is 1. The van der Waals surface area contributed by atoms with Crippen molar-refractivity contribution in [2.75, 3.05) is 38.8 Å². The Balaban J connectivity index is 1.67. The predicted octanol–water partition coefficient (Wildman–Crippen LogP) is 4.92. The maximum atomic E-state index is 13.0. The summed E-state index contributed by atoms with van der Waals surface area (Å²) in [7, 11) is 1.44. The second-order valence-corrected chi connectivity index (χ2v) is 9.90. The SMILES string of the molecule is CCCCOC(=O)c1cc(NC(=O)CN2C(=O)S/C(=C\c3ccc(OC)c(OCC(=O)OCC)c3)C2=O)ccc1Cl. The van der Waals surface area contributed by atoms with E-state index in [0.717, 1.165) is 11.3 Å². The molecule has 3 rings (SSSR count). The number of amides is 3. The minimum atomic E-state index is -0.656. The number of ether oxygens (including phenoxy) is 4. The van der Waals surface area contributed by atoms with Crippen molar-refractivity contribution in [3.63, 3.8) is 0 Å². The van der Waals surface area contributed by atoms with E-state index < -0.39 is 35.5 Å². The Kier molecular flexibility index (Phi) is 11.6. The molecule has 1 saturated heterocycles. The van der Waals surface area contributed by atoms with Crippen LogP contribution >= 0.6 is 23.4 Å². The van der Waals surface area contributed by atoms with Crippen LogP contribution in [0.4, 0.5) is 10.5 Å². The molecule has 13 heteroatoms. The van der Waals surface area contributed by atoms with Crippen LogP contribution in [0.3, 0.4) is 0 Å². The molecule has 2 aromatic rings. The fourth-order valence-corrected chi connectivity index (χ4v) is 4.55. The lowest BCUT2D eigenvalue weighted by molar-refractivity contribution is -0.145. The number of nitrogens with one attached hydrogen (secondary N) is 1. The van der Waals surface area contributed by atoms with Crippen LogP contribution in [0, 0.1) is 0 Å². The number of carbonyl (C=O) groups excluding carboxylic acids is 5. The molecule has 0 unspecified atom stereocenters. The van der Waals surface area contributed by atoms with Gasteiger partial charge in [-0.1, -0.05) is 31.0 Å². The van der Waals surface area contributed by atoms with Gasteiger partial charge in [-0.2, -0.15) is 0 Å². The minimum absolute atomic E-state index is 0.0831. The molecule has 41 heavy (non-hydrogen) atoms. The molecule has 0 spiro atoms. The Morgan fingerprint density at radius 2 is 1.83 bits per heavy atom. The zero-order valence-corrected chi connectivity index (χ0v) is 24.3. The summed E-state index contributed by atoms with van der Waals surface area (Å²) in [5, 5.41) is 2.10. The maximum Gasteiger partial charge on any atom is 0.344 e. The zero-order chi connectivity index (χ0) is 29.9. The normalized spacial score (nSPS) is 13.8. The molecule has 0 atom stereocenters. The largest absolute Gasteiger partial charge is 0.493 e. The van der Waals surface area contributed by atoms with E-state index in [1.54, 1.807) is 25.1 Å². The molecule has 0 aromatic heterocycles. The van der Waals surface area contributed by atoms with Crippen molar-refractivity contribution in [2.45, 2.75) is 26.7 Å². The van der Waals surface area contributed by atoms with Crippen LogP contribution < -0.4 is 14.8 Å². The average molecular weight is 605 g/mol. The van der Waals surface area contributed by atoms with Crippen LogP contribution in [0.1, 0.15) is 42.6 Å². The summed E-state index contributed by atoms with van der Waals surface area (Å²) in [6, 6.07) is 9.07. The highest BCUT2D eigenvalue weighted by Gasteiger charge is 2.36. The number of nitrogens with zero attached hydrogens (tertiary/aromatic N) is 1. The van der Waals surface area contributed by atoms with Crippen LogP contribution in [0.25, 0.3) is 6.08 Å². The van der Waals surface area contributed by atoms with Crippen molar-refractivity contribution in [3.05, 3.63) is 57.5 Å². The van der Waals surface area contributed by atoms with E-state index >= 15 is 0 Å². The smallest absolute Gasteiger partial charge is 0.344 e. The van der Waals surface area contributed by atoms with E-state index in [2.05, 4.69) is 5.32 Å². The first-order valence-electron chi connectivity index (χ1n) is 12.6. The van der Waals surface area contributed by atoms with E-state index in [4.69, 9.17) is 30.5 Å². The number of esters is 2. The van der Waals surface area contributed by atoms with E-state index in [9.17, 15) is 24.0 Å². The third kappa shape index (κ3) is 8.73. The highest BCUT2D eigenvalue weighted by atomic mass is 35.5. The topological polar surface area (TPSA) is 138 Å². The summed E-state index contributed by atoms with van der Waals surface area (Å²) >= 11 is 6.79. The van der Waals surface area contributed by atoms with Crippen LogP contribution in [-0.2, 0) is 23.9 Å². The van der Waals surface area contributed by atoms with Gasteiger partial charge in [0, 0.05) is 5.69 Å². The van der Waals surface area contributed by atoms with Gasteiger partial charge in [0.15, 0.2) is 18.1 Å². The van der Waals surface area contributed by atoms with Gasteiger partial charge in [0.2, 0.25) is 5.91 Å². The Morgan fingerprint density at radius 1 is 1.05 bits per heavy atom. The first-order chi connectivity index (χ1) is 19.7. The van der Waals surface area contributed by atoms with Gasteiger partial charge in [0.1, 0.15) is 6.54 Å². The number of anilines is 1. The number of methoxy groups -OCH3 is 1. The molecular formula is C28H29ClN2O9S. The van der Waals surface area contributed by atoms with Crippen molar-refractivity contribution >= 4 is 64.1 Å². The van der Waals surface area contributed by atoms with Gasteiger partial charge in [-0.3, -0.25) is 19.3 Å². The van der Waals surface area contributed by atoms with Gasteiger partial charge in [-0.05, 0) is 67.1 Å². The average Bonchev–Trinajstić information content (AvgIpc) is 3.20. The van der Waals surface area contributed by atoms with Crippen molar-refractivity contribution < 1.29 is 42.9 Å². The molecule has 218 valence electrons. The molecule has 2 aromatic carbocycles. The van der Waals surface area contributed by atoms with Gasteiger partial charge < -0.3 is 24.3 Å². The van der Waals surface area contributed by atoms with E-state index in [-0.39, 0.29) is 46.7 Å². The standard InChI is InChI=1S/C28H29ClN2O9S/c1-4-6-11-39-27(35)19-14-18(8-9-20(19)29)30-24(32)15-31-26(34)23(41-28(31)36)13-17-7-10-21(37-3)22(12-17)40-16-25(33)38-5-2/h7-10,12-14H,4-6,11,15-16H2,1-3H3,(H,30,32)/b23-13-. The summed E-state index contributed by atoms with van der Waals surface area (Å²) < 4.78 is 20.8. The van der Waals surface area contributed by atoms with Gasteiger partial charge in [-0.15, -0.1) is 0 Å². The van der Waals surface area contributed by atoms with Crippen molar-refractivity contribution in [1.82, 2.24) is 4.90 Å². The summed E-state index contributed by atoms with van der Waals surface area (Å²) in [6.07, 6.45) is 3.02. The first kappa shape index (κ1) is 31.5. The van der Waals surface area contributed by atoms with Crippen molar-refractivity contribution in [1.29, 1.82) is 0 Å². The summed E-state index contributed by atoms with van der Waals surface area (Å²) in [5.41, 5.74) is 0.830. The Morgan fingerprint density at radius 3 is 2.54 bits per heavy atom. The van der Waals surface area contributed by atoms with Gasteiger partial charge in [0.05, 0.1) is 35.8 Å². The Bertz CT molecular complexity index is 1360. The van der Waals surface area contributed by atoms with Crippen LogP contribution in [-0.4, -0.2) is 67.4 Å². The van der Waals surface area contributed by atoms with Gasteiger partial charge >= 0.3 is 11.9 Å². The second-order valence-electron chi connectivity index (χ2n) is 8.50. The monoisotopic (exact) mass is 604 g/mol. The number of imide groups is 1. The third-order valence-corrected chi connectivity index (χ3v) is 6.75. The second kappa shape index (κ2) is 15.1. The Hall–Kier alpha value is -4.03. The molecule has 1 fully saturated rings.